The summed E-state index contributed by atoms with van der Waals surface area (Å²) in [4.78, 5) is 0. The fourth-order valence-electron chi connectivity index (χ4n) is 9.37. The summed E-state index contributed by atoms with van der Waals surface area (Å²) in [7, 11) is 0. The molecule has 0 radical (unpaired) electrons. The van der Waals surface area contributed by atoms with Crippen molar-refractivity contribution >= 4 is 108 Å². The van der Waals surface area contributed by atoms with Gasteiger partial charge in [-0.25, -0.2) is 0 Å². The SMILES string of the molecule is c1ccc2c(-n3c4ccccc4c4cc(-c5ccc6c(c5)c5ccccc5n6-c5ccc6c(c5)oc5cc7c(cc56)sc5ccccc57)ccc43)cccc2c1. The normalized spacial score (nSPS) is 12.3. The van der Waals surface area contributed by atoms with Gasteiger partial charge in [0.05, 0.1) is 27.8 Å². The van der Waals surface area contributed by atoms with Gasteiger partial charge in [0.25, 0.3) is 0 Å². The van der Waals surface area contributed by atoms with Crippen LogP contribution in [0.3, 0.4) is 0 Å². The van der Waals surface area contributed by atoms with E-state index in [0.29, 0.717) is 0 Å². The van der Waals surface area contributed by atoms with Crippen LogP contribution in [0.25, 0.3) is 119 Å². The lowest BCUT2D eigenvalue weighted by atomic mass is 10.0. The van der Waals surface area contributed by atoms with Gasteiger partial charge in [-0.15, -0.1) is 11.3 Å². The molecule has 0 bridgehead atoms. The van der Waals surface area contributed by atoms with Crippen molar-refractivity contribution < 1.29 is 4.42 Å². The molecule has 260 valence electrons. The van der Waals surface area contributed by atoms with Crippen molar-refractivity contribution in [2.45, 2.75) is 0 Å². The third-order valence-corrected chi connectivity index (χ3v) is 13.0. The lowest BCUT2D eigenvalue weighted by Gasteiger charge is -2.12. The Morgan fingerprint density at radius 2 is 0.946 bits per heavy atom. The first kappa shape index (κ1) is 30.2. The molecule has 4 heterocycles. The molecule has 0 saturated heterocycles. The molecule has 13 rings (SSSR count). The van der Waals surface area contributed by atoms with Gasteiger partial charge in [-0.1, -0.05) is 103 Å². The van der Waals surface area contributed by atoms with Gasteiger partial charge < -0.3 is 13.6 Å². The van der Waals surface area contributed by atoms with Crippen LogP contribution in [0, 0.1) is 0 Å². The zero-order chi connectivity index (χ0) is 36.5. The number of aromatic nitrogens is 2. The first-order chi connectivity index (χ1) is 27.7. The van der Waals surface area contributed by atoms with Crippen LogP contribution >= 0.6 is 11.3 Å². The third-order valence-electron chi connectivity index (χ3n) is 11.9. The highest BCUT2D eigenvalue weighted by atomic mass is 32.1. The van der Waals surface area contributed by atoms with Crippen LogP contribution in [0.1, 0.15) is 0 Å². The summed E-state index contributed by atoms with van der Waals surface area (Å²) in [6, 6.07) is 66.5. The third kappa shape index (κ3) is 4.16. The highest BCUT2D eigenvalue weighted by Crippen LogP contribution is 2.42. The summed E-state index contributed by atoms with van der Waals surface area (Å²) in [6.45, 7) is 0. The van der Waals surface area contributed by atoms with Gasteiger partial charge >= 0.3 is 0 Å². The van der Waals surface area contributed by atoms with Crippen LogP contribution in [0.2, 0.25) is 0 Å². The second kappa shape index (κ2) is 11.2. The number of rotatable bonds is 3. The largest absolute Gasteiger partial charge is 0.456 e. The fourth-order valence-corrected chi connectivity index (χ4v) is 10.5. The molecule has 0 saturated carbocycles. The molecule has 9 aromatic carbocycles. The smallest absolute Gasteiger partial charge is 0.137 e. The molecule has 0 aliphatic carbocycles. The van der Waals surface area contributed by atoms with Crippen LogP contribution in [0.5, 0.6) is 0 Å². The molecule has 0 atom stereocenters. The summed E-state index contributed by atoms with van der Waals surface area (Å²) in [6.07, 6.45) is 0. The predicted octanol–water partition coefficient (Wildman–Crippen LogP) is 15.0. The zero-order valence-electron chi connectivity index (χ0n) is 30.0. The Morgan fingerprint density at radius 3 is 1.73 bits per heavy atom. The maximum Gasteiger partial charge on any atom is 0.137 e. The van der Waals surface area contributed by atoms with Gasteiger partial charge in [0.2, 0.25) is 0 Å². The molecule has 3 nitrogen and oxygen atoms in total. The molecule has 13 aromatic rings. The number of thiophene rings is 1. The molecule has 0 fully saturated rings. The van der Waals surface area contributed by atoms with Crippen molar-refractivity contribution in [1.29, 1.82) is 0 Å². The Balaban J connectivity index is 0.967. The maximum atomic E-state index is 6.62. The molecule has 4 aromatic heterocycles. The Kier molecular flexibility index (Phi) is 6.04. The Morgan fingerprint density at radius 1 is 0.339 bits per heavy atom. The lowest BCUT2D eigenvalue weighted by molar-refractivity contribution is 0.669. The highest BCUT2D eigenvalue weighted by molar-refractivity contribution is 7.25. The van der Waals surface area contributed by atoms with Crippen molar-refractivity contribution in [3.05, 3.63) is 182 Å². The molecule has 4 heteroatoms. The molecule has 56 heavy (non-hydrogen) atoms. The molecule has 0 amide bonds. The van der Waals surface area contributed by atoms with Crippen molar-refractivity contribution in [2.75, 3.05) is 0 Å². The minimum Gasteiger partial charge on any atom is -0.456 e. The zero-order valence-corrected chi connectivity index (χ0v) is 30.8. The van der Waals surface area contributed by atoms with Crippen LogP contribution < -0.4 is 0 Å². The van der Waals surface area contributed by atoms with E-state index in [1.807, 2.05) is 11.3 Å². The summed E-state index contributed by atoms with van der Waals surface area (Å²) in [5, 5.41) is 12.3. The number of hydrogen-bond acceptors (Lipinski definition) is 2. The van der Waals surface area contributed by atoms with E-state index in [-0.39, 0.29) is 0 Å². The quantitative estimate of drug-likeness (QED) is 0.177. The maximum absolute atomic E-state index is 6.62. The predicted molar refractivity (Wildman–Crippen MR) is 238 cm³/mol. The topological polar surface area (TPSA) is 23.0 Å². The number of furan rings is 1. The molecular formula is C52H30N2OS. The summed E-state index contributed by atoms with van der Waals surface area (Å²) >= 11 is 1.85. The molecule has 0 unspecified atom stereocenters. The molecular weight excluding hydrogens is 701 g/mol. The Bertz CT molecular complexity index is 3770. The molecule has 0 N–H and O–H groups in total. The average Bonchev–Trinajstić information content (AvgIpc) is 3.99. The van der Waals surface area contributed by atoms with Gasteiger partial charge in [0, 0.05) is 69.6 Å². The van der Waals surface area contributed by atoms with Gasteiger partial charge in [-0.05, 0) is 89.3 Å². The minimum absolute atomic E-state index is 0.901. The van der Waals surface area contributed by atoms with Gasteiger partial charge in [-0.3, -0.25) is 0 Å². The van der Waals surface area contributed by atoms with Crippen molar-refractivity contribution in [3.8, 4) is 22.5 Å². The van der Waals surface area contributed by atoms with Crippen LogP contribution in [-0.2, 0) is 0 Å². The van der Waals surface area contributed by atoms with Gasteiger partial charge in [-0.2, -0.15) is 0 Å². The van der Waals surface area contributed by atoms with Crippen molar-refractivity contribution in [2.24, 2.45) is 0 Å². The van der Waals surface area contributed by atoms with E-state index >= 15 is 0 Å². The van der Waals surface area contributed by atoms with Crippen LogP contribution in [-0.4, -0.2) is 9.13 Å². The molecule has 0 aliphatic heterocycles. The molecule has 0 aliphatic rings. The second-order valence-electron chi connectivity index (χ2n) is 14.9. The van der Waals surface area contributed by atoms with Crippen LogP contribution in [0.15, 0.2) is 186 Å². The van der Waals surface area contributed by atoms with E-state index in [1.54, 1.807) is 0 Å². The van der Waals surface area contributed by atoms with Gasteiger partial charge in [0.15, 0.2) is 0 Å². The number of para-hydroxylation sites is 2. The first-order valence-electron chi connectivity index (χ1n) is 19.1. The van der Waals surface area contributed by atoms with Gasteiger partial charge in [0.1, 0.15) is 11.2 Å². The number of nitrogens with zero attached hydrogens (tertiary/aromatic N) is 2. The highest BCUT2D eigenvalue weighted by Gasteiger charge is 2.18. The standard InChI is InChI=1S/C52H30N2OS/c1-2-12-35-31(10-1)11-9-18-44(35)54-46-17-7-4-14-37(46)41-27-33(21-25-48(41)54)32-20-24-47-40(26-32)36-13-3-6-16-45(36)53(47)34-22-23-38-42-30-52-43(29-50(42)55-49(38)28-34)39-15-5-8-19-51(39)56-52/h1-30H. The Labute approximate surface area is 324 Å². The number of benzene rings is 9. The Hall–Kier alpha value is -7.14. The van der Waals surface area contributed by atoms with E-state index < -0.39 is 0 Å². The lowest BCUT2D eigenvalue weighted by Crippen LogP contribution is -1.95. The summed E-state index contributed by atoms with van der Waals surface area (Å²) in [5.41, 5.74) is 11.3. The second-order valence-corrected chi connectivity index (χ2v) is 16.0. The van der Waals surface area contributed by atoms with Crippen LogP contribution in [0.4, 0.5) is 0 Å². The fraction of sp³-hybridized carbons (Fsp3) is 0. The monoisotopic (exact) mass is 730 g/mol. The van der Waals surface area contributed by atoms with E-state index in [4.69, 9.17) is 4.42 Å². The van der Waals surface area contributed by atoms with E-state index in [0.717, 1.165) is 27.6 Å². The summed E-state index contributed by atoms with van der Waals surface area (Å²) < 4.78 is 14.0. The van der Waals surface area contributed by atoms with Crippen molar-refractivity contribution in [1.82, 2.24) is 9.13 Å². The average molecular weight is 731 g/mol. The van der Waals surface area contributed by atoms with E-state index in [2.05, 4.69) is 191 Å². The van der Waals surface area contributed by atoms with Crippen molar-refractivity contribution in [3.63, 3.8) is 0 Å². The van der Waals surface area contributed by atoms with E-state index in [1.165, 1.54) is 91.4 Å². The first-order valence-corrected chi connectivity index (χ1v) is 19.9. The number of hydrogen-bond donors (Lipinski definition) is 0. The number of fused-ring (bicyclic) bond motifs is 13. The minimum atomic E-state index is 0.901. The molecule has 0 spiro atoms. The van der Waals surface area contributed by atoms with E-state index in [9.17, 15) is 0 Å². The summed E-state index contributed by atoms with van der Waals surface area (Å²) in [5.74, 6) is 0.